The summed E-state index contributed by atoms with van der Waals surface area (Å²) in [5.74, 6) is 2.73. The maximum atomic E-state index is 12.3. The maximum absolute atomic E-state index is 12.3. The van der Waals surface area contributed by atoms with Gasteiger partial charge in [-0.2, -0.15) is 0 Å². The first-order valence-electron chi connectivity index (χ1n) is 6.52. The molecule has 0 saturated heterocycles. The van der Waals surface area contributed by atoms with Gasteiger partial charge in [0.25, 0.3) is 0 Å². The highest BCUT2D eigenvalue weighted by atomic mass is 16.5. The number of esters is 1. The average Bonchev–Trinajstić information content (AvgIpc) is 2.46. The third-order valence-corrected chi connectivity index (χ3v) is 3.93. The highest BCUT2D eigenvalue weighted by molar-refractivity contribution is 5.83. The van der Waals surface area contributed by atoms with Crippen molar-refractivity contribution in [2.75, 3.05) is 13.7 Å². The Bertz CT molecular complexity index is 518. The van der Waals surface area contributed by atoms with Crippen molar-refractivity contribution in [2.24, 2.45) is 0 Å². The molecular formula is C16H19NO2. The van der Waals surface area contributed by atoms with E-state index in [1.165, 1.54) is 12.7 Å². The molecule has 0 bridgehead atoms. The second-order valence-corrected chi connectivity index (χ2v) is 4.98. The van der Waals surface area contributed by atoms with E-state index in [0.29, 0.717) is 18.9 Å². The van der Waals surface area contributed by atoms with Crippen molar-refractivity contribution >= 4 is 5.97 Å². The van der Waals surface area contributed by atoms with Crippen molar-refractivity contribution in [3.63, 3.8) is 0 Å². The fourth-order valence-corrected chi connectivity index (χ4v) is 2.88. The normalized spacial score (nSPS) is 25.2. The standard InChI is InChI=1S/C16H19NO2/c1-4-11-17-16(15(18)19-3)10-9-12(2)13-7-5-6-8-14(13)16/h1,5-8,12,17H,9-11H2,2-3H3. The molecule has 0 heterocycles. The number of carbonyl (C=O) groups excluding carboxylic acids is 1. The molecule has 0 radical (unpaired) electrons. The molecule has 0 spiro atoms. The molecule has 0 aromatic heterocycles. The molecule has 19 heavy (non-hydrogen) atoms. The first-order valence-corrected chi connectivity index (χ1v) is 6.52. The second-order valence-electron chi connectivity index (χ2n) is 4.98. The largest absolute Gasteiger partial charge is 0.467 e. The van der Waals surface area contributed by atoms with Gasteiger partial charge in [0.2, 0.25) is 0 Å². The molecular weight excluding hydrogens is 238 g/mol. The van der Waals surface area contributed by atoms with Crippen molar-refractivity contribution in [3.8, 4) is 12.3 Å². The van der Waals surface area contributed by atoms with Gasteiger partial charge in [-0.05, 0) is 29.9 Å². The van der Waals surface area contributed by atoms with Crippen LogP contribution in [-0.4, -0.2) is 19.6 Å². The topological polar surface area (TPSA) is 38.3 Å². The average molecular weight is 257 g/mol. The number of carbonyl (C=O) groups is 1. The number of benzene rings is 1. The van der Waals surface area contributed by atoms with Crippen LogP contribution in [0.2, 0.25) is 0 Å². The summed E-state index contributed by atoms with van der Waals surface area (Å²) in [6, 6.07) is 8.02. The fraction of sp³-hybridized carbons (Fsp3) is 0.438. The zero-order valence-corrected chi connectivity index (χ0v) is 11.4. The Kier molecular flexibility index (Phi) is 3.92. The zero-order chi connectivity index (χ0) is 13.9. The first-order chi connectivity index (χ1) is 9.15. The maximum Gasteiger partial charge on any atom is 0.330 e. The van der Waals surface area contributed by atoms with E-state index in [1.54, 1.807) is 0 Å². The van der Waals surface area contributed by atoms with E-state index in [-0.39, 0.29) is 5.97 Å². The molecule has 100 valence electrons. The fourth-order valence-electron chi connectivity index (χ4n) is 2.88. The van der Waals surface area contributed by atoms with E-state index in [9.17, 15) is 4.79 Å². The van der Waals surface area contributed by atoms with Crippen molar-refractivity contribution < 1.29 is 9.53 Å². The zero-order valence-electron chi connectivity index (χ0n) is 11.4. The minimum atomic E-state index is -0.801. The third-order valence-electron chi connectivity index (χ3n) is 3.93. The van der Waals surface area contributed by atoms with Crippen LogP contribution >= 0.6 is 0 Å². The van der Waals surface area contributed by atoms with E-state index >= 15 is 0 Å². The first kappa shape index (κ1) is 13.6. The number of ether oxygens (including phenoxy) is 1. The molecule has 2 atom stereocenters. The molecule has 1 aliphatic rings. The Morgan fingerprint density at radius 2 is 2.32 bits per heavy atom. The van der Waals surface area contributed by atoms with Gasteiger partial charge in [0.15, 0.2) is 0 Å². The third kappa shape index (κ3) is 2.24. The van der Waals surface area contributed by atoms with Gasteiger partial charge in [-0.15, -0.1) is 6.42 Å². The molecule has 3 heteroatoms. The minimum Gasteiger partial charge on any atom is -0.467 e. The summed E-state index contributed by atoms with van der Waals surface area (Å²) in [4.78, 5) is 12.3. The number of hydrogen-bond donors (Lipinski definition) is 1. The highest BCUT2D eigenvalue weighted by Gasteiger charge is 2.45. The molecule has 0 fully saturated rings. The van der Waals surface area contributed by atoms with Crippen LogP contribution in [0.5, 0.6) is 0 Å². The van der Waals surface area contributed by atoms with Crippen molar-refractivity contribution in [2.45, 2.75) is 31.2 Å². The summed E-state index contributed by atoms with van der Waals surface area (Å²) in [7, 11) is 1.42. The predicted molar refractivity (Wildman–Crippen MR) is 74.6 cm³/mol. The molecule has 3 nitrogen and oxygen atoms in total. The Balaban J connectivity index is 2.53. The van der Waals surface area contributed by atoms with E-state index in [0.717, 1.165) is 12.0 Å². The molecule has 1 aliphatic carbocycles. The van der Waals surface area contributed by atoms with Gasteiger partial charge in [-0.25, -0.2) is 4.79 Å². The van der Waals surface area contributed by atoms with Gasteiger partial charge in [-0.1, -0.05) is 37.1 Å². The van der Waals surface area contributed by atoms with Gasteiger partial charge >= 0.3 is 5.97 Å². The molecule has 2 rings (SSSR count). The van der Waals surface area contributed by atoms with Gasteiger partial charge in [0.1, 0.15) is 5.54 Å². The number of nitrogens with one attached hydrogen (secondary N) is 1. The molecule has 0 aliphatic heterocycles. The van der Waals surface area contributed by atoms with Crippen LogP contribution < -0.4 is 5.32 Å². The summed E-state index contributed by atoms with van der Waals surface area (Å²) in [6.45, 7) is 2.53. The van der Waals surface area contributed by atoms with E-state index < -0.39 is 5.54 Å². The molecule has 1 aromatic carbocycles. The lowest BCUT2D eigenvalue weighted by Crippen LogP contribution is -2.52. The van der Waals surface area contributed by atoms with Crippen molar-refractivity contribution in [1.82, 2.24) is 5.32 Å². The summed E-state index contributed by atoms with van der Waals surface area (Å²) in [5.41, 5.74) is 1.39. The molecule has 2 unspecified atom stereocenters. The minimum absolute atomic E-state index is 0.262. The van der Waals surface area contributed by atoms with Crippen LogP contribution in [0.15, 0.2) is 24.3 Å². The summed E-state index contributed by atoms with van der Waals surface area (Å²) in [5, 5.41) is 3.20. The highest BCUT2D eigenvalue weighted by Crippen LogP contribution is 2.41. The SMILES string of the molecule is C#CCNC1(C(=O)OC)CCC(C)c2ccccc21. The smallest absolute Gasteiger partial charge is 0.330 e. The lowest BCUT2D eigenvalue weighted by Gasteiger charge is -2.39. The van der Waals surface area contributed by atoms with Gasteiger partial charge < -0.3 is 4.74 Å². The Morgan fingerprint density at radius 3 is 3.00 bits per heavy atom. The van der Waals surface area contributed by atoms with Gasteiger partial charge in [0, 0.05) is 0 Å². The number of methoxy groups -OCH3 is 1. The Labute approximate surface area is 114 Å². The van der Waals surface area contributed by atoms with E-state index in [4.69, 9.17) is 11.2 Å². The van der Waals surface area contributed by atoms with Crippen molar-refractivity contribution in [3.05, 3.63) is 35.4 Å². The lowest BCUT2D eigenvalue weighted by atomic mass is 9.72. The number of rotatable bonds is 3. The molecule has 1 N–H and O–H groups in total. The molecule has 0 amide bonds. The van der Waals surface area contributed by atoms with E-state index in [2.05, 4.69) is 24.2 Å². The number of fused-ring (bicyclic) bond motifs is 1. The summed E-state index contributed by atoms with van der Waals surface area (Å²) in [6.07, 6.45) is 6.97. The predicted octanol–water partition coefficient (Wildman–Crippen LogP) is 2.17. The summed E-state index contributed by atoms with van der Waals surface area (Å²) >= 11 is 0. The summed E-state index contributed by atoms with van der Waals surface area (Å²) < 4.78 is 5.01. The molecule has 1 aromatic rings. The van der Waals surface area contributed by atoms with Crippen LogP contribution in [-0.2, 0) is 15.1 Å². The second kappa shape index (κ2) is 5.46. The van der Waals surface area contributed by atoms with Crippen LogP contribution in [0.4, 0.5) is 0 Å². The lowest BCUT2D eigenvalue weighted by molar-refractivity contribution is -0.150. The number of hydrogen-bond acceptors (Lipinski definition) is 3. The van der Waals surface area contributed by atoms with Crippen molar-refractivity contribution in [1.29, 1.82) is 0 Å². The number of terminal acetylenes is 1. The van der Waals surface area contributed by atoms with E-state index in [1.807, 2.05) is 18.2 Å². The molecule has 0 saturated carbocycles. The van der Waals surface area contributed by atoms with Crippen LogP contribution in [0, 0.1) is 12.3 Å². The monoisotopic (exact) mass is 257 g/mol. The Hall–Kier alpha value is -1.79. The van der Waals surface area contributed by atoms with Crippen LogP contribution in [0.25, 0.3) is 0 Å². The van der Waals surface area contributed by atoms with Crippen LogP contribution in [0.3, 0.4) is 0 Å². The van der Waals surface area contributed by atoms with Crippen LogP contribution in [0.1, 0.15) is 36.8 Å². The Morgan fingerprint density at radius 1 is 1.58 bits per heavy atom. The van der Waals surface area contributed by atoms with Gasteiger partial charge in [-0.3, -0.25) is 5.32 Å². The quantitative estimate of drug-likeness (QED) is 0.666. The van der Waals surface area contributed by atoms with Gasteiger partial charge in [0.05, 0.1) is 13.7 Å².